The lowest BCUT2D eigenvalue weighted by Crippen LogP contribution is -2.31. The molecule has 1 aliphatic heterocycles. The van der Waals surface area contributed by atoms with Crippen LogP contribution in [0.4, 0.5) is 0 Å². The maximum absolute atomic E-state index is 12.9. The van der Waals surface area contributed by atoms with Crippen LogP contribution in [0.3, 0.4) is 0 Å². The Bertz CT molecular complexity index is 1230. The zero-order valence-corrected chi connectivity index (χ0v) is 16.2. The highest BCUT2D eigenvalue weighted by molar-refractivity contribution is 5.91. The quantitative estimate of drug-likeness (QED) is 0.536. The van der Waals surface area contributed by atoms with Crippen LogP contribution in [-0.4, -0.2) is 54.6 Å². The molecule has 4 heterocycles. The number of hydrogen-bond donors (Lipinski definition) is 0. The van der Waals surface area contributed by atoms with Gasteiger partial charge in [0.25, 0.3) is 11.7 Å². The normalized spacial score (nSPS) is 16.6. The minimum Gasteiger partial charge on any atom is -0.472 e. The second kappa shape index (κ2) is 6.80. The van der Waals surface area contributed by atoms with E-state index in [1.807, 2.05) is 56.3 Å². The van der Waals surface area contributed by atoms with Gasteiger partial charge in [-0.1, -0.05) is 18.2 Å². The molecule has 0 radical (unpaired) electrons. The maximum atomic E-state index is 12.9. The van der Waals surface area contributed by atoms with Crippen molar-refractivity contribution in [2.45, 2.75) is 26.4 Å². The number of likely N-dealkylation sites (tertiary alicyclic amines) is 1. The van der Waals surface area contributed by atoms with Crippen molar-refractivity contribution in [3.05, 3.63) is 59.7 Å². The van der Waals surface area contributed by atoms with Gasteiger partial charge in [0.15, 0.2) is 0 Å². The number of carbonyl (C=O) groups is 1. The van der Waals surface area contributed by atoms with E-state index in [1.165, 1.54) is 0 Å². The summed E-state index contributed by atoms with van der Waals surface area (Å²) in [6, 6.07) is 13.7. The van der Waals surface area contributed by atoms with E-state index in [-0.39, 0.29) is 17.8 Å². The number of fused-ring (bicyclic) bond motifs is 2. The van der Waals surface area contributed by atoms with Gasteiger partial charge in [-0.25, -0.2) is 14.5 Å². The summed E-state index contributed by atoms with van der Waals surface area (Å²) in [5, 5.41) is 5.41. The molecule has 1 unspecified atom stereocenters. The highest BCUT2D eigenvalue weighted by Crippen LogP contribution is 2.21. The van der Waals surface area contributed by atoms with Crippen LogP contribution in [0.1, 0.15) is 28.4 Å². The molecule has 0 N–H and O–H groups in total. The number of carbonyl (C=O) groups excluding carboxylic acids is 1. The Hall–Kier alpha value is -3.55. The third kappa shape index (κ3) is 3.26. The monoisotopic (exact) mass is 388 g/mol. The lowest BCUT2D eigenvalue weighted by atomic mass is 10.2. The highest BCUT2D eigenvalue weighted by atomic mass is 16.5. The molecule has 1 aromatic carbocycles. The van der Waals surface area contributed by atoms with Crippen LogP contribution >= 0.6 is 0 Å². The number of pyridine rings is 1. The standard InChI is InChI=1S/C21H20N6O2/c1-13-11-14(2)27-21(22-13)24-19(25-27)20(28)26-10-9-16(12-26)29-18-8-7-15-5-3-4-6-17(15)23-18/h3-8,11,16H,9-10,12H2,1-2H3. The molecule has 1 atom stereocenters. The lowest BCUT2D eigenvalue weighted by Gasteiger charge is -2.15. The molecule has 3 aromatic heterocycles. The SMILES string of the molecule is Cc1cc(C)n2nc(C(=O)N3CCC(Oc4ccc5ccccc5n4)C3)nc2n1. The fourth-order valence-electron chi connectivity index (χ4n) is 3.69. The van der Waals surface area contributed by atoms with Crippen LogP contribution in [-0.2, 0) is 0 Å². The minimum atomic E-state index is -0.204. The van der Waals surface area contributed by atoms with Gasteiger partial charge in [0.1, 0.15) is 6.10 Å². The first-order valence-electron chi connectivity index (χ1n) is 9.59. The Balaban J connectivity index is 1.31. The summed E-state index contributed by atoms with van der Waals surface area (Å²) in [6.45, 7) is 4.89. The molecule has 0 aliphatic carbocycles. The average molecular weight is 388 g/mol. The minimum absolute atomic E-state index is 0.105. The number of amides is 1. The van der Waals surface area contributed by atoms with Gasteiger partial charge in [0, 0.05) is 35.8 Å². The van der Waals surface area contributed by atoms with Gasteiger partial charge in [-0.15, -0.1) is 5.10 Å². The lowest BCUT2D eigenvalue weighted by molar-refractivity contribution is 0.0759. The van der Waals surface area contributed by atoms with Gasteiger partial charge < -0.3 is 9.64 Å². The molecule has 8 nitrogen and oxygen atoms in total. The smallest absolute Gasteiger partial charge is 0.293 e. The Kier molecular flexibility index (Phi) is 4.12. The molecule has 4 aromatic rings. The van der Waals surface area contributed by atoms with Gasteiger partial charge in [-0.2, -0.15) is 4.98 Å². The van der Waals surface area contributed by atoms with Gasteiger partial charge in [-0.3, -0.25) is 4.79 Å². The summed E-state index contributed by atoms with van der Waals surface area (Å²) in [4.78, 5) is 27.8. The van der Waals surface area contributed by atoms with Gasteiger partial charge in [0.2, 0.25) is 11.7 Å². The van der Waals surface area contributed by atoms with E-state index in [0.717, 1.165) is 28.7 Å². The number of hydrogen-bond acceptors (Lipinski definition) is 6. The summed E-state index contributed by atoms with van der Waals surface area (Å²) in [5.41, 5.74) is 2.63. The molecule has 1 saturated heterocycles. The van der Waals surface area contributed by atoms with Crippen molar-refractivity contribution < 1.29 is 9.53 Å². The first kappa shape index (κ1) is 17.5. The van der Waals surface area contributed by atoms with Crippen molar-refractivity contribution in [3.63, 3.8) is 0 Å². The Morgan fingerprint density at radius 1 is 1.10 bits per heavy atom. The number of benzene rings is 1. The molecular formula is C21H20N6O2. The number of nitrogens with zero attached hydrogens (tertiary/aromatic N) is 6. The van der Waals surface area contributed by atoms with E-state index >= 15 is 0 Å². The van der Waals surface area contributed by atoms with Crippen molar-refractivity contribution in [2.75, 3.05) is 13.1 Å². The van der Waals surface area contributed by atoms with Gasteiger partial charge in [-0.05, 0) is 32.0 Å². The number of ether oxygens (including phenoxy) is 1. The van der Waals surface area contributed by atoms with Crippen molar-refractivity contribution in [3.8, 4) is 5.88 Å². The van der Waals surface area contributed by atoms with Crippen molar-refractivity contribution in [2.24, 2.45) is 0 Å². The van der Waals surface area contributed by atoms with Crippen LogP contribution in [0, 0.1) is 13.8 Å². The van der Waals surface area contributed by atoms with Crippen LogP contribution in [0.2, 0.25) is 0 Å². The number of rotatable bonds is 3. The fraction of sp³-hybridized carbons (Fsp3) is 0.286. The Labute approximate surface area is 167 Å². The van der Waals surface area contributed by atoms with E-state index in [4.69, 9.17) is 4.74 Å². The molecular weight excluding hydrogens is 368 g/mol. The van der Waals surface area contributed by atoms with Crippen LogP contribution in [0.25, 0.3) is 16.7 Å². The number of aromatic nitrogens is 5. The molecule has 1 amide bonds. The Morgan fingerprint density at radius 2 is 1.97 bits per heavy atom. The van der Waals surface area contributed by atoms with Crippen LogP contribution in [0.15, 0.2) is 42.5 Å². The third-order valence-electron chi connectivity index (χ3n) is 5.10. The Morgan fingerprint density at radius 3 is 2.86 bits per heavy atom. The molecule has 5 rings (SSSR count). The molecule has 1 aliphatic rings. The second-order valence-electron chi connectivity index (χ2n) is 7.31. The van der Waals surface area contributed by atoms with Gasteiger partial charge in [0.05, 0.1) is 12.1 Å². The van der Waals surface area contributed by atoms with E-state index in [0.29, 0.717) is 24.7 Å². The zero-order valence-electron chi connectivity index (χ0n) is 16.2. The summed E-state index contributed by atoms with van der Waals surface area (Å²) in [6.07, 6.45) is 0.635. The van der Waals surface area contributed by atoms with Crippen molar-refractivity contribution in [1.82, 2.24) is 29.5 Å². The zero-order chi connectivity index (χ0) is 20.0. The molecule has 0 spiro atoms. The number of aryl methyl sites for hydroxylation is 2. The molecule has 29 heavy (non-hydrogen) atoms. The summed E-state index contributed by atoms with van der Waals surface area (Å²) < 4.78 is 7.63. The molecule has 0 bridgehead atoms. The molecule has 1 fully saturated rings. The topological polar surface area (TPSA) is 85.5 Å². The van der Waals surface area contributed by atoms with Gasteiger partial charge >= 0.3 is 0 Å². The first-order chi connectivity index (χ1) is 14.1. The fourth-order valence-corrected chi connectivity index (χ4v) is 3.69. The van der Waals surface area contributed by atoms with E-state index in [9.17, 15) is 4.79 Å². The predicted molar refractivity (Wildman–Crippen MR) is 107 cm³/mol. The van der Waals surface area contributed by atoms with E-state index < -0.39 is 0 Å². The van der Waals surface area contributed by atoms with Crippen LogP contribution in [0.5, 0.6) is 5.88 Å². The summed E-state index contributed by atoms with van der Waals surface area (Å²) in [7, 11) is 0. The van der Waals surface area contributed by atoms with Crippen LogP contribution < -0.4 is 4.74 Å². The highest BCUT2D eigenvalue weighted by Gasteiger charge is 2.31. The summed E-state index contributed by atoms with van der Waals surface area (Å²) in [5.74, 6) is 0.975. The molecule has 0 saturated carbocycles. The molecule has 8 heteroatoms. The third-order valence-corrected chi connectivity index (χ3v) is 5.10. The van der Waals surface area contributed by atoms with E-state index in [2.05, 4.69) is 20.1 Å². The van der Waals surface area contributed by atoms with Crippen molar-refractivity contribution in [1.29, 1.82) is 0 Å². The number of para-hydroxylation sites is 1. The predicted octanol–water partition coefficient (Wildman–Crippen LogP) is 2.58. The van der Waals surface area contributed by atoms with Crippen molar-refractivity contribution >= 4 is 22.6 Å². The average Bonchev–Trinajstić information content (AvgIpc) is 3.34. The maximum Gasteiger partial charge on any atom is 0.293 e. The summed E-state index contributed by atoms with van der Waals surface area (Å²) >= 11 is 0. The second-order valence-corrected chi connectivity index (χ2v) is 7.31. The molecule has 146 valence electrons. The largest absolute Gasteiger partial charge is 0.472 e. The first-order valence-corrected chi connectivity index (χ1v) is 9.59. The van der Waals surface area contributed by atoms with E-state index in [1.54, 1.807) is 9.42 Å².